The summed E-state index contributed by atoms with van der Waals surface area (Å²) >= 11 is 0. The van der Waals surface area contributed by atoms with E-state index in [9.17, 15) is 4.79 Å². The van der Waals surface area contributed by atoms with Crippen molar-refractivity contribution in [3.63, 3.8) is 0 Å². The van der Waals surface area contributed by atoms with Gasteiger partial charge in [0.2, 0.25) is 5.78 Å². The Kier molecular flexibility index (Phi) is 3.49. The number of ether oxygens (including phenoxy) is 2. The van der Waals surface area contributed by atoms with Gasteiger partial charge in [-0.25, -0.2) is 0 Å². The topological polar surface area (TPSA) is 75.2 Å². The smallest absolute Gasteiger partial charge is 0.348 e. The molecule has 6 heteroatoms. The maximum Gasteiger partial charge on any atom is 0.348 e. The second-order valence-corrected chi connectivity index (χ2v) is 5.32. The summed E-state index contributed by atoms with van der Waals surface area (Å²) in [6.45, 7) is 1.23. The molecular weight excluding hydrogens is 270 g/mol. The zero-order valence-corrected chi connectivity index (χ0v) is 12.1. The molecule has 6 nitrogen and oxygen atoms in total. The number of benzene rings is 1. The molecular formula is C15H17N3O3. The molecule has 3 rings (SSSR count). The lowest BCUT2D eigenvalue weighted by Gasteiger charge is -2.38. The minimum atomic E-state index is -0.0959. The Bertz CT molecular complexity index is 650. The van der Waals surface area contributed by atoms with Crippen LogP contribution < -0.4 is 9.47 Å². The quantitative estimate of drug-likeness (QED) is 0.606. The summed E-state index contributed by atoms with van der Waals surface area (Å²) in [4.78, 5) is 17.3. The summed E-state index contributed by atoms with van der Waals surface area (Å²) in [6, 6.07) is 3.97. The van der Waals surface area contributed by atoms with Crippen LogP contribution in [-0.4, -0.2) is 48.5 Å². The van der Waals surface area contributed by atoms with Crippen LogP contribution in [0.3, 0.4) is 0 Å². The van der Waals surface area contributed by atoms with Gasteiger partial charge < -0.3 is 15.0 Å². The minimum absolute atomic E-state index is 0.0200. The molecule has 0 aliphatic carbocycles. The fraction of sp³-hybridized carbons (Fsp3) is 0.467. The predicted octanol–water partition coefficient (Wildman–Crippen LogP) is 1.25. The SMILES string of the molecule is COc1cc2c(cc1OC)C1CC(=O)C(=[N+]=[N-])CN1CC2. The van der Waals surface area contributed by atoms with Crippen molar-refractivity contribution in [3.05, 3.63) is 28.8 Å². The van der Waals surface area contributed by atoms with Crippen molar-refractivity contribution in [1.29, 1.82) is 0 Å². The number of carbonyl (C=O) groups excluding carboxylic acids is 1. The zero-order chi connectivity index (χ0) is 15.0. The summed E-state index contributed by atoms with van der Waals surface area (Å²) < 4.78 is 10.7. The third kappa shape index (κ3) is 2.22. The minimum Gasteiger partial charge on any atom is -0.493 e. The van der Waals surface area contributed by atoms with Gasteiger partial charge in [-0.2, -0.15) is 4.79 Å². The number of fused-ring (bicyclic) bond motifs is 3. The first kappa shape index (κ1) is 13.8. The number of piperidine rings is 1. The van der Waals surface area contributed by atoms with Gasteiger partial charge in [-0.1, -0.05) is 0 Å². The highest BCUT2D eigenvalue weighted by Gasteiger charge is 2.40. The van der Waals surface area contributed by atoms with Crippen molar-refractivity contribution in [1.82, 2.24) is 4.90 Å². The van der Waals surface area contributed by atoms with Gasteiger partial charge in [0.1, 0.15) is 6.54 Å². The number of hydrogen-bond acceptors (Lipinski definition) is 4. The van der Waals surface area contributed by atoms with E-state index in [4.69, 9.17) is 15.0 Å². The second-order valence-electron chi connectivity index (χ2n) is 5.32. The van der Waals surface area contributed by atoms with Crippen LogP contribution >= 0.6 is 0 Å². The van der Waals surface area contributed by atoms with E-state index in [1.54, 1.807) is 14.2 Å². The molecule has 21 heavy (non-hydrogen) atoms. The molecule has 1 atom stereocenters. The number of hydrogen-bond donors (Lipinski definition) is 0. The molecule has 2 heterocycles. The maximum atomic E-state index is 12.0. The van der Waals surface area contributed by atoms with Crippen LogP contribution in [0.1, 0.15) is 23.6 Å². The molecule has 2 aliphatic rings. The molecule has 1 unspecified atom stereocenters. The zero-order valence-electron chi connectivity index (χ0n) is 12.1. The first-order chi connectivity index (χ1) is 10.2. The summed E-state index contributed by atoms with van der Waals surface area (Å²) in [7, 11) is 3.22. The van der Waals surface area contributed by atoms with E-state index in [0.29, 0.717) is 24.5 Å². The first-order valence-corrected chi connectivity index (χ1v) is 6.91. The van der Waals surface area contributed by atoms with Gasteiger partial charge in [0.25, 0.3) is 0 Å². The van der Waals surface area contributed by atoms with E-state index in [2.05, 4.69) is 9.69 Å². The number of methoxy groups -OCH3 is 2. The van der Waals surface area contributed by atoms with Crippen LogP contribution in [0.25, 0.3) is 5.53 Å². The number of ketones is 1. The van der Waals surface area contributed by atoms with Crippen molar-refractivity contribution >= 4 is 11.5 Å². The Morgan fingerprint density at radius 2 is 2.00 bits per heavy atom. The van der Waals surface area contributed by atoms with E-state index in [1.165, 1.54) is 5.56 Å². The van der Waals surface area contributed by atoms with Crippen LogP contribution in [0, 0.1) is 0 Å². The number of Topliss-reactive ketones (excluding diaryl/α,β-unsaturated/α-hetero) is 1. The lowest BCUT2D eigenvalue weighted by molar-refractivity contribution is -0.121. The molecule has 0 aromatic heterocycles. The highest BCUT2D eigenvalue weighted by Crippen LogP contribution is 2.40. The van der Waals surface area contributed by atoms with E-state index in [1.807, 2.05) is 12.1 Å². The number of rotatable bonds is 2. The summed E-state index contributed by atoms with van der Waals surface area (Å²) in [5.74, 6) is 1.29. The van der Waals surface area contributed by atoms with Gasteiger partial charge in [-0.3, -0.25) is 9.69 Å². The number of carbonyl (C=O) groups is 1. The van der Waals surface area contributed by atoms with Gasteiger partial charge in [0, 0.05) is 19.0 Å². The molecule has 1 saturated heterocycles. The third-order valence-corrected chi connectivity index (χ3v) is 4.29. The summed E-state index contributed by atoms with van der Waals surface area (Å²) in [5, 5.41) is 0. The van der Waals surface area contributed by atoms with Crippen molar-refractivity contribution < 1.29 is 19.1 Å². The van der Waals surface area contributed by atoms with E-state index in [-0.39, 0.29) is 17.5 Å². The molecule has 0 radical (unpaired) electrons. The average molecular weight is 287 g/mol. The van der Waals surface area contributed by atoms with Gasteiger partial charge in [-0.05, 0) is 29.7 Å². The number of nitrogens with zero attached hydrogens (tertiary/aromatic N) is 3. The Labute approximate surface area is 122 Å². The van der Waals surface area contributed by atoms with Crippen molar-refractivity contribution in [3.8, 4) is 11.5 Å². The van der Waals surface area contributed by atoms with Crippen LogP contribution in [-0.2, 0) is 11.2 Å². The highest BCUT2D eigenvalue weighted by atomic mass is 16.5. The largest absolute Gasteiger partial charge is 0.493 e. The fourth-order valence-electron chi connectivity index (χ4n) is 3.17. The van der Waals surface area contributed by atoms with Crippen LogP contribution in [0.15, 0.2) is 12.1 Å². The Morgan fingerprint density at radius 1 is 1.29 bits per heavy atom. The first-order valence-electron chi connectivity index (χ1n) is 6.91. The van der Waals surface area contributed by atoms with Gasteiger partial charge in [0.15, 0.2) is 11.5 Å². The molecule has 0 amide bonds. The average Bonchev–Trinajstić information content (AvgIpc) is 2.52. The van der Waals surface area contributed by atoms with Crippen LogP contribution in [0.4, 0.5) is 0 Å². The van der Waals surface area contributed by atoms with E-state index in [0.717, 1.165) is 18.5 Å². The lowest BCUT2D eigenvalue weighted by atomic mass is 9.85. The third-order valence-electron chi connectivity index (χ3n) is 4.29. The monoisotopic (exact) mass is 287 g/mol. The van der Waals surface area contributed by atoms with E-state index >= 15 is 0 Å². The predicted molar refractivity (Wildman–Crippen MR) is 75.8 cm³/mol. The standard InChI is InChI=1S/C15H17N3O3/c1-20-14-5-9-3-4-18-8-11(17-16)13(19)7-12(18)10(9)6-15(14)21-2/h5-6,12H,3-4,7-8H2,1-2H3. The Balaban J connectivity index is 2.03. The molecule has 1 aromatic carbocycles. The van der Waals surface area contributed by atoms with Crippen molar-refractivity contribution in [2.75, 3.05) is 27.3 Å². The molecule has 2 aliphatic heterocycles. The molecule has 0 spiro atoms. The lowest BCUT2D eigenvalue weighted by Crippen LogP contribution is -2.47. The van der Waals surface area contributed by atoms with Crippen molar-refractivity contribution in [2.24, 2.45) is 0 Å². The fourth-order valence-corrected chi connectivity index (χ4v) is 3.17. The molecule has 110 valence electrons. The van der Waals surface area contributed by atoms with Gasteiger partial charge in [0.05, 0.1) is 14.2 Å². The van der Waals surface area contributed by atoms with Crippen molar-refractivity contribution in [2.45, 2.75) is 18.9 Å². The summed E-state index contributed by atoms with van der Waals surface area (Å²) in [5.41, 5.74) is 11.4. The van der Waals surface area contributed by atoms with Gasteiger partial charge >= 0.3 is 5.71 Å². The molecule has 0 saturated carbocycles. The molecule has 0 bridgehead atoms. The van der Waals surface area contributed by atoms with E-state index < -0.39 is 0 Å². The highest BCUT2D eigenvalue weighted by molar-refractivity contribution is 6.39. The van der Waals surface area contributed by atoms with Gasteiger partial charge in [-0.15, -0.1) is 0 Å². The maximum absolute atomic E-state index is 12.0. The van der Waals surface area contributed by atoms with Crippen LogP contribution in [0.5, 0.6) is 11.5 Å². The molecule has 0 N–H and O–H groups in total. The molecule has 1 aromatic rings. The molecule has 1 fully saturated rings. The summed E-state index contributed by atoms with van der Waals surface area (Å²) in [6.07, 6.45) is 1.21. The normalized spacial score (nSPS) is 21.3. The second kappa shape index (κ2) is 5.31. The van der Waals surface area contributed by atoms with Crippen LogP contribution in [0.2, 0.25) is 0 Å². The Morgan fingerprint density at radius 3 is 2.67 bits per heavy atom. The Hall–Kier alpha value is -2.17.